The number of hydrogen-bond donors (Lipinski definition) is 1. The fourth-order valence-electron chi connectivity index (χ4n) is 4.22. The molecule has 3 aromatic carbocycles. The van der Waals surface area contributed by atoms with Crippen LogP contribution in [0, 0.1) is 20.8 Å². The van der Waals surface area contributed by atoms with E-state index in [2.05, 4.69) is 37.4 Å². The molecule has 1 amide bonds. The van der Waals surface area contributed by atoms with Gasteiger partial charge in [-0.25, -0.2) is 0 Å². The van der Waals surface area contributed by atoms with Crippen LogP contribution < -0.4 is 10.1 Å². The summed E-state index contributed by atoms with van der Waals surface area (Å²) >= 11 is 6.02. The van der Waals surface area contributed by atoms with Gasteiger partial charge in [-0.3, -0.25) is 4.79 Å². The zero-order chi connectivity index (χ0) is 23.7. The lowest BCUT2D eigenvalue weighted by atomic mass is 9.94. The third kappa shape index (κ3) is 4.53. The standard InChI is InChI=1S/C28H26ClNO3/c1-16-9-10-22(17(2)11-16)25-15-33-28-19(4)27(32-5)23(14-24(25)28)18(3)12-26(31)30-21-8-6-7-20(29)13-21/h6-15H,1-5H3,(H,30,31)/b18-12+. The van der Waals surface area contributed by atoms with Crippen LogP contribution in [0.2, 0.25) is 5.02 Å². The normalized spacial score (nSPS) is 11.6. The van der Waals surface area contributed by atoms with Crippen LogP contribution in [0.5, 0.6) is 5.75 Å². The highest BCUT2D eigenvalue weighted by molar-refractivity contribution is 6.31. The number of carbonyl (C=O) groups is 1. The molecular formula is C28H26ClNO3. The predicted octanol–water partition coefficient (Wildman–Crippen LogP) is 7.73. The Hall–Kier alpha value is -3.50. The summed E-state index contributed by atoms with van der Waals surface area (Å²) in [5.41, 5.74) is 8.47. The molecule has 0 unspecified atom stereocenters. The maximum atomic E-state index is 12.7. The summed E-state index contributed by atoms with van der Waals surface area (Å²) in [6.45, 7) is 8.06. The van der Waals surface area contributed by atoms with Gasteiger partial charge in [0.2, 0.25) is 5.91 Å². The number of furan rings is 1. The molecule has 4 nitrogen and oxygen atoms in total. The zero-order valence-electron chi connectivity index (χ0n) is 19.4. The van der Waals surface area contributed by atoms with Gasteiger partial charge in [0.25, 0.3) is 0 Å². The lowest BCUT2D eigenvalue weighted by Crippen LogP contribution is -2.08. The van der Waals surface area contributed by atoms with Crippen LogP contribution in [0.3, 0.4) is 0 Å². The van der Waals surface area contributed by atoms with E-state index in [4.69, 9.17) is 20.8 Å². The second-order valence-corrected chi connectivity index (χ2v) is 8.69. The fraction of sp³-hybridized carbons (Fsp3) is 0.179. The van der Waals surface area contributed by atoms with Gasteiger partial charge in [-0.05, 0) is 68.7 Å². The summed E-state index contributed by atoms with van der Waals surface area (Å²) in [6, 6.07) is 15.5. The minimum atomic E-state index is -0.239. The molecule has 1 heterocycles. The highest BCUT2D eigenvalue weighted by Gasteiger charge is 2.19. The summed E-state index contributed by atoms with van der Waals surface area (Å²) in [5, 5.41) is 4.41. The number of rotatable bonds is 5. The monoisotopic (exact) mass is 459 g/mol. The van der Waals surface area contributed by atoms with Crippen molar-refractivity contribution in [1.82, 2.24) is 0 Å². The Morgan fingerprint density at radius 3 is 2.55 bits per heavy atom. The van der Waals surface area contributed by atoms with Gasteiger partial charge >= 0.3 is 0 Å². The molecule has 1 aromatic heterocycles. The highest BCUT2D eigenvalue weighted by atomic mass is 35.5. The van der Waals surface area contributed by atoms with E-state index in [-0.39, 0.29) is 5.91 Å². The lowest BCUT2D eigenvalue weighted by molar-refractivity contribution is -0.111. The predicted molar refractivity (Wildman–Crippen MR) is 136 cm³/mol. The van der Waals surface area contributed by atoms with Gasteiger partial charge in [-0.2, -0.15) is 0 Å². The molecule has 1 N–H and O–H groups in total. The van der Waals surface area contributed by atoms with Crippen molar-refractivity contribution >= 4 is 39.7 Å². The van der Waals surface area contributed by atoms with Crippen LogP contribution in [0.4, 0.5) is 5.69 Å². The Labute approximate surface area is 198 Å². The third-order valence-corrected chi connectivity index (χ3v) is 6.02. The molecule has 33 heavy (non-hydrogen) atoms. The Morgan fingerprint density at radius 1 is 1.06 bits per heavy atom. The molecule has 0 saturated heterocycles. The average Bonchev–Trinajstić information content (AvgIpc) is 3.17. The van der Waals surface area contributed by atoms with Crippen LogP contribution in [-0.2, 0) is 4.79 Å². The van der Waals surface area contributed by atoms with E-state index >= 15 is 0 Å². The largest absolute Gasteiger partial charge is 0.496 e. The van der Waals surface area contributed by atoms with Gasteiger partial charge in [-0.1, -0.05) is 41.4 Å². The van der Waals surface area contributed by atoms with E-state index in [1.54, 1.807) is 43.7 Å². The molecule has 168 valence electrons. The number of allylic oxidation sites excluding steroid dienone is 1. The van der Waals surface area contributed by atoms with E-state index in [0.29, 0.717) is 16.5 Å². The number of anilines is 1. The first kappa shape index (κ1) is 22.7. The lowest BCUT2D eigenvalue weighted by Gasteiger charge is -2.14. The Balaban J connectivity index is 1.79. The second-order valence-electron chi connectivity index (χ2n) is 8.25. The first-order valence-electron chi connectivity index (χ1n) is 10.7. The number of halogens is 1. The molecule has 0 aliphatic rings. The van der Waals surface area contributed by atoms with E-state index in [9.17, 15) is 4.79 Å². The van der Waals surface area contributed by atoms with Crippen LogP contribution >= 0.6 is 11.6 Å². The molecule has 4 rings (SSSR count). The second kappa shape index (κ2) is 9.16. The van der Waals surface area contributed by atoms with Crippen molar-refractivity contribution in [2.24, 2.45) is 0 Å². The number of aryl methyl sites for hydroxylation is 3. The fourth-order valence-corrected chi connectivity index (χ4v) is 4.41. The van der Waals surface area contributed by atoms with Gasteiger partial charge in [0.05, 0.1) is 13.4 Å². The third-order valence-electron chi connectivity index (χ3n) is 5.78. The van der Waals surface area contributed by atoms with Crippen LogP contribution in [0.25, 0.3) is 27.7 Å². The Bertz CT molecular complexity index is 1400. The summed E-state index contributed by atoms with van der Waals surface area (Å²) in [7, 11) is 1.63. The molecule has 0 aliphatic carbocycles. The molecule has 0 atom stereocenters. The number of nitrogens with one attached hydrogen (secondary N) is 1. The summed E-state index contributed by atoms with van der Waals surface area (Å²) in [6.07, 6.45) is 3.37. The number of fused-ring (bicyclic) bond motifs is 1. The van der Waals surface area contributed by atoms with Gasteiger partial charge in [0.15, 0.2) is 0 Å². The molecule has 0 spiro atoms. The van der Waals surface area contributed by atoms with Crippen LogP contribution in [0.1, 0.15) is 29.2 Å². The van der Waals surface area contributed by atoms with Crippen molar-refractivity contribution in [3.05, 3.63) is 88.1 Å². The van der Waals surface area contributed by atoms with Gasteiger partial charge in [-0.15, -0.1) is 0 Å². The SMILES string of the molecule is COc1c(/C(C)=C/C(=O)Nc2cccc(Cl)c2)cc2c(-c3ccc(C)cc3C)coc2c1C. The smallest absolute Gasteiger partial charge is 0.248 e. The van der Waals surface area contributed by atoms with Crippen molar-refractivity contribution in [3.63, 3.8) is 0 Å². The number of methoxy groups -OCH3 is 1. The Kier molecular flexibility index (Phi) is 6.30. The van der Waals surface area contributed by atoms with Gasteiger partial charge in [0, 0.05) is 38.9 Å². The van der Waals surface area contributed by atoms with Crippen LogP contribution in [-0.4, -0.2) is 13.0 Å². The number of benzene rings is 3. The van der Waals surface area contributed by atoms with E-state index in [1.165, 1.54) is 11.1 Å². The first-order chi connectivity index (χ1) is 15.8. The number of ether oxygens (including phenoxy) is 1. The summed E-state index contributed by atoms with van der Waals surface area (Å²) in [4.78, 5) is 12.7. The number of carbonyl (C=O) groups excluding carboxylic acids is 1. The maximum absolute atomic E-state index is 12.7. The van der Waals surface area contributed by atoms with Gasteiger partial charge in [0.1, 0.15) is 11.3 Å². The van der Waals surface area contributed by atoms with E-state index < -0.39 is 0 Å². The average molecular weight is 460 g/mol. The van der Waals surface area contributed by atoms with Crippen molar-refractivity contribution in [2.45, 2.75) is 27.7 Å². The first-order valence-corrected chi connectivity index (χ1v) is 11.1. The molecule has 0 bridgehead atoms. The molecule has 0 fully saturated rings. The highest BCUT2D eigenvalue weighted by Crippen LogP contribution is 2.41. The van der Waals surface area contributed by atoms with Crippen molar-refractivity contribution < 1.29 is 13.9 Å². The number of hydrogen-bond acceptors (Lipinski definition) is 3. The summed E-state index contributed by atoms with van der Waals surface area (Å²) < 4.78 is 11.7. The quantitative estimate of drug-likeness (QED) is 0.310. The molecule has 5 heteroatoms. The van der Waals surface area contributed by atoms with Gasteiger partial charge < -0.3 is 14.5 Å². The minimum absolute atomic E-state index is 0.239. The molecule has 0 radical (unpaired) electrons. The summed E-state index contributed by atoms with van der Waals surface area (Å²) in [5.74, 6) is 0.449. The van der Waals surface area contributed by atoms with E-state index in [0.717, 1.165) is 38.8 Å². The molecular weight excluding hydrogens is 434 g/mol. The van der Waals surface area contributed by atoms with Crippen molar-refractivity contribution in [2.75, 3.05) is 12.4 Å². The minimum Gasteiger partial charge on any atom is -0.496 e. The van der Waals surface area contributed by atoms with Crippen molar-refractivity contribution in [3.8, 4) is 16.9 Å². The van der Waals surface area contributed by atoms with Crippen LogP contribution in [0.15, 0.2) is 65.3 Å². The number of amides is 1. The maximum Gasteiger partial charge on any atom is 0.248 e. The van der Waals surface area contributed by atoms with E-state index in [1.807, 2.05) is 19.9 Å². The molecule has 4 aromatic rings. The Morgan fingerprint density at radius 2 is 1.85 bits per heavy atom. The molecule has 0 saturated carbocycles. The topological polar surface area (TPSA) is 51.5 Å². The molecule has 0 aliphatic heterocycles. The van der Waals surface area contributed by atoms with Crippen molar-refractivity contribution in [1.29, 1.82) is 0 Å². The zero-order valence-corrected chi connectivity index (χ0v) is 20.1.